The number of carbonyl (C=O) groups excluding carboxylic acids is 1. The molecular formula is C15H19N3O3. The lowest BCUT2D eigenvalue weighted by Gasteiger charge is -2.26. The average molecular weight is 289 g/mol. The van der Waals surface area contributed by atoms with Crippen molar-refractivity contribution >= 4 is 17.3 Å². The lowest BCUT2D eigenvalue weighted by molar-refractivity contribution is -0.383. The third kappa shape index (κ3) is 2.40. The molecule has 6 nitrogen and oxygen atoms in total. The fraction of sp³-hybridized carbons (Fsp3) is 0.533. The Bertz CT molecular complexity index is 600. The Morgan fingerprint density at radius 3 is 2.71 bits per heavy atom. The highest BCUT2D eigenvalue weighted by atomic mass is 16.6. The Balaban J connectivity index is 1.82. The number of nitro groups is 1. The molecule has 2 saturated carbocycles. The zero-order valence-corrected chi connectivity index (χ0v) is 11.9. The molecule has 0 heterocycles. The molecule has 2 bridgehead atoms. The van der Waals surface area contributed by atoms with Crippen LogP contribution in [0.15, 0.2) is 18.2 Å². The number of nitrogens with two attached hydrogens (primary N) is 1. The van der Waals surface area contributed by atoms with Crippen molar-refractivity contribution in [3.05, 3.63) is 33.9 Å². The first-order chi connectivity index (χ1) is 9.97. The molecule has 1 aromatic rings. The number of benzene rings is 1. The van der Waals surface area contributed by atoms with Crippen LogP contribution >= 0.6 is 0 Å². The summed E-state index contributed by atoms with van der Waals surface area (Å²) in [5.41, 5.74) is 7.21. The molecular weight excluding hydrogens is 270 g/mol. The Labute approximate surface area is 122 Å². The van der Waals surface area contributed by atoms with E-state index in [4.69, 9.17) is 5.73 Å². The van der Waals surface area contributed by atoms with Gasteiger partial charge in [0.1, 0.15) is 5.69 Å². The molecule has 0 aliphatic heterocycles. The number of nitrogens with zero attached hydrogens (tertiary/aromatic N) is 1. The number of hydrogen-bond donors (Lipinski definition) is 2. The second kappa shape index (κ2) is 5.11. The summed E-state index contributed by atoms with van der Waals surface area (Å²) in [4.78, 5) is 23.1. The summed E-state index contributed by atoms with van der Waals surface area (Å²) >= 11 is 0. The molecule has 2 aliphatic rings. The van der Waals surface area contributed by atoms with Crippen molar-refractivity contribution in [2.75, 3.05) is 5.32 Å². The number of nitrogens with one attached hydrogen (secondary N) is 1. The van der Waals surface area contributed by atoms with E-state index >= 15 is 0 Å². The molecule has 4 atom stereocenters. The normalized spacial score (nSPS) is 30.4. The van der Waals surface area contributed by atoms with E-state index in [9.17, 15) is 14.9 Å². The Kier molecular flexibility index (Phi) is 3.41. The van der Waals surface area contributed by atoms with Crippen LogP contribution in [-0.2, 0) is 4.79 Å². The summed E-state index contributed by atoms with van der Waals surface area (Å²) in [6.45, 7) is 1.84. The van der Waals surface area contributed by atoms with Gasteiger partial charge in [-0.2, -0.15) is 0 Å². The maximum atomic E-state index is 12.5. The molecule has 2 aliphatic carbocycles. The van der Waals surface area contributed by atoms with Crippen LogP contribution in [0.2, 0.25) is 0 Å². The summed E-state index contributed by atoms with van der Waals surface area (Å²) in [7, 11) is 0. The predicted octanol–water partition coefficient (Wildman–Crippen LogP) is 2.22. The smallest absolute Gasteiger partial charge is 0.292 e. The quantitative estimate of drug-likeness (QED) is 0.658. The standard InChI is InChI=1S/C15H19N3O3/c1-8-2-5-12(18(20)21)11(6-8)17-15(19)13-9-3-4-10(7-9)14(13)16/h2,5-6,9-10,13-14H,3-4,7,16H2,1H3,(H,17,19). The minimum Gasteiger partial charge on any atom is -0.327 e. The molecule has 0 saturated heterocycles. The third-order valence-electron chi connectivity index (χ3n) is 4.89. The van der Waals surface area contributed by atoms with E-state index < -0.39 is 4.92 Å². The molecule has 0 spiro atoms. The van der Waals surface area contributed by atoms with Crippen LogP contribution in [-0.4, -0.2) is 16.9 Å². The Morgan fingerprint density at radius 2 is 2.10 bits per heavy atom. The van der Waals surface area contributed by atoms with Crippen molar-refractivity contribution in [2.24, 2.45) is 23.5 Å². The van der Waals surface area contributed by atoms with Gasteiger partial charge in [-0.3, -0.25) is 14.9 Å². The maximum absolute atomic E-state index is 12.5. The number of amides is 1. The van der Waals surface area contributed by atoms with Crippen LogP contribution in [0.5, 0.6) is 0 Å². The van der Waals surface area contributed by atoms with Crippen LogP contribution in [0.25, 0.3) is 0 Å². The average Bonchev–Trinajstić information content (AvgIpc) is 2.98. The van der Waals surface area contributed by atoms with Gasteiger partial charge in [0.15, 0.2) is 0 Å². The molecule has 6 heteroatoms. The van der Waals surface area contributed by atoms with E-state index in [0.29, 0.717) is 11.8 Å². The third-order valence-corrected chi connectivity index (χ3v) is 4.89. The van der Waals surface area contributed by atoms with Gasteiger partial charge in [0.2, 0.25) is 5.91 Å². The molecule has 112 valence electrons. The summed E-state index contributed by atoms with van der Waals surface area (Å²) in [6, 6.07) is 4.60. The predicted molar refractivity (Wildman–Crippen MR) is 78.8 cm³/mol. The molecule has 4 unspecified atom stereocenters. The first-order valence-electron chi connectivity index (χ1n) is 7.29. The van der Waals surface area contributed by atoms with Crippen LogP contribution in [0, 0.1) is 34.8 Å². The first-order valence-corrected chi connectivity index (χ1v) is 7.29. The van der Waals surface area contributed by atoms with Crippen molar-refractivity contribution in [3.63, 3.8) is 0 Å². The van der Waals surface area contributed by atoms with Crippen LogP contribution < -0.4 is 11.1 Å². The molecule has 0 aromatic heterocycles. The van der Waals surface area contributed by atoms with E-state index in [1.54, 1.807) is 12.1 Å². The van der Waals surface area contributed by atoms with E-state index in [-0.39, 0.29) is 29.2 Å². The molecule has 1 aromatic carbocycles. The second-order valence-corrected chi connectivity index (χ2v) is 6.20. The topological polar surface area (TPSA) is 98.3 Å². The Morgan fingerprint density at radius 1 is 1.38 bits per heavy atom. The van der Waals surface area contributed by atoms with Crippen LogP contribution in [0.4, 0.5) is 11.4 Å². The van der Waals surface area contributed by atoms with Crippen LogP contribution in [0.3, 0.4) is 0 Å². The van der Waals surface area contributed by atoms with Gasteiger partial charge in [0, 0.05) is 12.1 Å². The van der Waals surface area contributed by atoms with Crippen molar-refractivity contribution in [3.8, 4) is 0 Å². The maximum Gasteiger partial charge on any atom is 0.292 e. The van der Waals surface area contributed by atoms with E-state index in [1.807, 2.05) is 6.92 Å². The fourth-order valence-electron chi connectivity index (χ4n) is 3.85. The molecule has 0 radical (unpaired) electrons. The highest BCUT2D eigenvalue weighted by molar-refractivity contribution is 5.95. The van der Waals surface area contributed by atoms with E-state index in [1.165, 1.54) is 6.07 Å². The van der Waals surface area contributed by atoms with Gasteiger partial charge in [-0.05, 0) is 49.7 Å². The number of rotatable bonds is 3. The van der Waals surface area contributed by atoms with Gasteiger partial charge in [-0.1, -0.05) is 6.07 Å². The lowest BCUT2D eigenvalue weighted by Crippen LogP contribution is -2.42. The molecule has 2 fully saturated rings. The summed E-state index contributed by atoms with van der Waals surface area (Å²) in [6.07, 6.45) is 3.14. The number of nitro benzene ring substituents is 1. The van der Waals surface area contributed by atoms with Gasteiger partial charge < -0.3 is 11.1 Å². The van der Waals surface area contributed by atoms with Crippen molar-refractivity contribution < 1.29 is 9.72 Å². The minimum atomic E-state index is -0.476. The number of fused-ring (bicyclic) bond motifs is 2. The minimum absolute atomic E-state index is 0.0781. The van der Waals surface area contributed by atoms with Gasteiger partial charge in [-0.15, -0.1) is 0 Å². The summed E-state index contributed by atoms with van der Waals surface area (Å²) in [5.74, 6) is 0.361. The summed E-state index contributed by atoms with van der Waals surface area (Å²) < 4.78 is 0. The number of aryl methyl sites for hydroxylation is 1. The highest BCUT2D eigenvalue weighted by Crippen LogP contribution is 2.48. The monoisotopic (exact) mass is 289 g/mol. The SMILES string of the molecule is Cc1ccc([N+](=O)[O-])c(NC(=O)C2C3CCC(C3)C2N)c1. The molecule has 3 N–H and O–H groups in total. The van der Waals surface area contributed by atoms with Crippen molar-refractivity contribution in [1.29, 1.82) is 0 Å². The number of carbonyl (C=O) groups is 1. The highest BCUT2D eigenvalue weighted by Gasteiger charge is 2.49. The molecule has 3 rings (SSSR count). The van der Waals surface area contributed by atoms with E-state index in [2.05, 4.69) is 5.32 Å². The number of hydrogen-bond acceptors (Lipinski definition) is 4. The first kappa shape index (κ1) is 14.0. The van der Waals surface area contributed by atoms with Gasteiger partial charge in [-0.25, -0.2) is 0 Å². The molecule has 21 heavy (non-hydrogen) atoms. The fourth-order valence-corrected chi connectivity index (χ4v) is 3.85. The lowest BCUT2D eigenvalue weighted by atomic mass is 9.84. The van der Waals surface area contributed by atoms with Gasteiger partial charge in [0.05, 0.1) is 10.8 Å². The van der Waals surface area contributed by atoms with Crippen LogP contribution in [0.1, 0.15) is 24.8 Å². The second-order valence-electron chi connectivity index (χ2n) is 6.20. The summed E-state index contributed by atoms with van der Waals surface area (Å²) in [5, 5.41) is 13.8. The van der Waals surface area contributed by atoms with Gasteiger partial charge >= 0.3 is 0 Å². The Hall–Kier alpha value is -1.95. The van der Waals surface area contributed by atoms with Crippen molar-refractivity contribution in [1.82, 2.24) is 0 Å². The van der Waals surface area contributed by atoms with Gasteiger partial charge in [0.25, 0.3) is 5.69 Å². The number of anilines is 1. The molecule has 1 amide bonds. The van der Waals surface area contributed by atoms with E-state index in [0.717, 1.165) is 24.8 Å². The van der Waals surface area contributed by atoms with Crippen molar-refractivity contribution in [2.45, 2.75) is 32.2 Å². The zero-order valence-electron chi connectivity index (χ0n) is 11.9. The largest absolute Gasteiger partial charge is 0.327 e. The zero-order chi connectivity index (χ0) is 15.1.